The first kappa shape index (κ1) is 16.9. The maximum Gasteiger partial charge on any atom is 0.123 e. The van der Waals surface area contributed by atoms with Crippen molar-refractivity contribution in [3.63, 3.8) is 0 Å². The van der Waals surface area contributed by atoms with Gasteiger partial charge in [-0.1, -0.05) is 55.9 Å². The third kappa shape index (κ3) is 3.81. The van der Waals surface area contributed by atoms with Crippen molar-refractivity contribution in [2.45, 2.75) is 38.5 Å². The van der Waals surface area contributed by atoms with Gasteiger partial charge in [-0.25, -0.2) is 4.39 Å². The predicted octanol–water partition coefficient (Wildman–Crippen LogP) is 6.67. The SMILES string of the molecule is CC1CCC(c2ccc(C#Cc3ccc4cc(F)ccc4c3)cc2)CC1. The molecule has 3 aromatic carbocycles. The zero-order chi connectivity index (χ0) is 17.9. The Balaban J connectivity index is 1.50. The van der Waals surface area contributed by atoms with Gasteiger partial charge in [-0.3, -0.25) is 0 Å². The van der Waals surface area contributed by atoms with Crippen LogP contribution in [0.25, 0.3) is 10.8 Å². The minimum absolute atomic E-state index is 0.205. The van der Waals surface area contributed by atoms with Crippen molar-refractivity contribution in [1.29, 1.82) is 0 Å². The largest absolute Gasteiger partial charge is 0.207 e. The smallest absolute Gasteiger partial charge is 0.123 e. The van der Waals surface area contributed by atoms with Crippen LogP contribution in [0.15, 0.2) is 60.7 Å². The highest BCUT2D eigenvalue weighted by Gasteiger charge is 2.19. The molecule has 0 spiro atoms. The highest BCUT2D eigenvalue weighted by atomic mass is 19.1. The Kier molecular flexibility index (Phi) is 4.76. The van der Waals surface area contributed by atoms with Crippen molar-refractivity contribution in [3.8, 4) is 11.8 Å². The van der Waals surface area contributed by atoms with Gasteiger partial charge < -0.3 is 0 Å². The molecular formula is C25H23F. The summed E-state index contributed by atoms with van der Waals surface area (Å²) in [6.45, 7) is 2.36. The van der Waals surface area contributed by atoms with E-state index in [1.54, 1.807) is 12.1 Å². The first-order valence-electron chi connectivity index (χ1n) is 9.49. The molecule has 1 aliphatic carbocycles. The molecule has 0 N–H and O–H groups in total. The normalized spacial score (nSPS) is 19.8. The molecule has 0 bridgehead atoms. The summed E-state index contributed by atoms with van der Waals surface area (Å²) in [5.41, 5.74) is 3.45. The second kappa shape index (κ2) is 7.34. The maximum atomic E-state index is 13.3. The van der Waals surface area contributed by atoms with Crippen LogP contribution in [0.1, 0.15) is 55.2 Å². The molecule has 1 aliphatic rings. The number of rotatable bonds is 1. The molecule has 3 aromatic rings. The summed E-state index contributed by atoms with van der Waals surface area (Å²) in [6, 6.07) is 19.5. The van der Waals surface area contributed by atoms with Gasteiger partial charge in [-0.15, -0.1) is 0 Å². The molecule has 0 radical (unpaired) electrons. The van der Waals surface area contributed by atoms with E-state index < -0.39 is 0 Å². The summed E-state index contributed by atoms with van der Waals surface area (Å²) in [5, 5.41) is 1.92. The summed E-state index contributed by atoms with van der Waals surface area (Å²) in [7, 11) is 0. The molecule has 0 heterocycles. The number of hydrogen-bond acceptors (Lipinski definition) is 0. The lowest BCUT2D eigenvalue weighted by molar-refractivity contribution is 0.348. The van der Waals surface area contributed by atoms with E-state index in [9.17, 15) is 4.39 Å². The van der Waals surface area contributed by atoms with Gasteiger partial charge in [0.1, 0.15) is 5.82 Å². The van der Waals surface area contributed by atoms with Crippen molar-refractivity contribution in [2.24, 2.45) is 5.92 Å². The van der Waals surface area contributed by atoms with E-state index in [0.29, 0.717) is 5.92 Å². The number of benzene rings is 3. The quantitative estimate of drug-likeness (QED) is 0.433. The van der Waals surface area contributed by atoms with Crippen LogP contribution in [0.4, 0.5) is 4.39 Å². The van der Waals surface area contributed by atoms with Gasteiger partial charge >= 0.3 is 0 Å². The van der Waals surface area contributed by atoms with Crippen LogP contribution in [0, 0.1) is 23.6 Å². The zero-order valence-electron chi connectivity index (χ0n) is 15.1. The minimum Gasteiger partial charge on any atom is -0.207 e. The van der Waals surface area contributed by atoms with E-state index in [-0.39, 0.29) is 5.82 Å². The monoisotopic (exact) mass is 342 g/mol. The standard InChI is InChI=1S/C25H23F/c1-18-2-9-21(10-3-18)22-11-6-19(7-12-22)4-5-20-8-13-24-17-25(26)15-14-23(24)16-20/h6-8,11-18,21H,2-3,9-10H2,1H3. The fourth-order valence-electron chi connectivity index (χ4n) is 3.87. The fraction of sp³-hybridized carbons (Fsp3) is 0.280. The Labute approximate surface area is 155 Å². The van der Waals surface area contributed by atoms with E-state index in [1.807, 2.05) is 18.2 Å². The van der Waals surface area contributed by atoms with Crippen LogP contribution in [0.3, 0.4) is 0 Å². The molecule has 0 nitrogen and oxygen atoms in total. The van der Waals surface area contributed by atoms with Gasteiger partial charge in [-0.05, 0) is 77.4 Å². The number of halogens is 1. The van der Waals surface area contributed by atoms with Crippen molar-refractivity contribution >= 4 is 10.8 Å². The van der Waals surface area contributed by atoms with Gasteiger partial charge in [0.25, 0.3) is 0 Å². The lowest BCUT2D eigenvalue weighted by Crippen LogP contribution is -2.10. The average Bonchev–Trinajstić information content (AvgIpc) is 2.67. The first-order valence-corrected chi connectivity index (χ1v) is 9.49. The average molecular weight is 342 g/mol. The van der Waals surface area contributed by atoms with Gasteiger partial charge in [0.2, 0.25) is 0 Å². The Morgan fingerprint density at radius 3 is 2.12 bits per heavy atom. The lowest BCUT2D eigenvalue weighted by atomic mass is 9.79. The van der Waals surface area contributed by atoms with Crippen molar-refractivity contribution in [1.82, 2.24) is 0 Å². The Hall–Kier alpha value is -2.59. The lowest BCUT2D eigenvalue weighted by Gasteiger charge is -2.26. The Bertz CT molecular complexity index is 964. The molecule has 0 aromatic heterocycles. The van der Waals surface area contributed by atoms with Gasteiger partial charge in [-0.2, -0.15) is 0 Å². The van der Waals surface area contributed by atoms with Crippen molar-refractivity contribution in [3.05, 3.63) is 83.2 Å². The zero-order valence-corrected chi connectivity index (χ0v) is 15.1. The maximum absolute atomic E-state index is 13.3. The molecule has 1 fully saturated rings. The fourth-order valence-corrected chi connectivity index (χ4v) is 3.87. The molecule has 0 aliphatic heterocycles. The third-order valence-electron chi connectivity index (χ3n) is 5.55. The van der Waals surface area contributed by atoms with E-state index in [4.69, 9.17) is 0 Å². The van der Waals surface area contributed by atoms with Crippen LogP contribution in [-0.2, 0) is 0 Å². The Morgan fingerprint density at radius 2 is 1.35 bits per heavy atom. The summed E-state index contributed by atoms with van der Waals surface area (Å²) >= 11 is 0. The highest BCUT2D eigenvalue weighted by molar-refractivity contribution is 5.83. The summed E-state index contributed by atoms with van der Waals surface area (Å²) < 4.78 is 13.3. The van der Waals surface area contributed by atoms with E-state index in [1.165, 1.54) is 37.3 Å². The van der Waals surface area contributed by atoms with Crippen LogP contribution >= 0.6 is 0 Å². The number of fused-ring (bicyclic) bond motifs is 1. The van der Waals surface area contributed by atoms with Crippen molar-refractivity contribution < 1.29 is 4.39 Å². The molecule has 0 amide bonds. The summed E-state index contributed by atoms with van der Waals surface area (Å²) in [6.07, 6.45) is 5.31. The van der Waals surface area contributed by atoms with Crippen LogP contribution in [-0.4, -0.2) is 0 Å². The van der Waals surface area contributed by atoms with Gasteiger partial charge in [0.15, 0.2) is 0 Å². The molecule has 4 rings (SSSR count). The summed E-state index contributed by atoms with van der Waals surface area (Å²) in [5.74, 6) is 7.87. The van der Waals surface area contributed by atoms with Crippen LogP contribution in [0.2, 0.25) is 0 Å². The first-order chi connectivity index (χ1) is 12.7. The summed E-state index contributed by atoms with van der Waals surface area (Å²) in [4.78, 5) is 0. The van der Waals surface area contributed by atoms with E-state index in [0.717, 1.165) is 27.8 Å². The minimum atomic E-state index is -0.205. The molecule has 1 heteroatoms. The van der Waals surface area contributed by atoms with Crippen LogP contribution < -0.4 is 0 Å². The van der Waals surface area contributed by atoms with E-state index >= 15 is 0 Å². The molecule has 0 atom stereocenters. The highest BCUT2D eigenvalue weighted by Crippen LogP contribution is 2.35. The Morgan fingerprint density at radius 1 is 0.731 bits per heavy atom. The van der Waals surface area contributed by atoms with Crippen molar-refractivity contribution in [2.75, 3.05) is 0 Å². The third-order valence-corrected chi connectivity index (χ3v) is 5.55. The van der Waals surface area contributed by atoms with Gasteiger partial charge in [0, 0.05) is 11.1 Å². The number of hydrogen-bond donors (Lipinski definition) is 0. The molecule has 130 valence electrons. The van der Waals surface area contributed by atoms with Gasteiger partial charge in [0.05, 0.1) is 0 Å². The second-order valence-corrected chi connectivity index (χ2v) is 7.54. The predicted molar refractivity (Wildman–Crippen MR) is 107 cm³/mol. The topological polar surface area (TPSA) is 0 Å². The van der Waals surface area contributed by atoms with E-state index in [2.05, 4.69) is 43.0 Å². The molecule has 26 heavy (non-hydrogen) atoms. The molecule has 1 saturated carbocycles. The van der Waals surface area contributed by atoms with Crippen LogP contribution in [0.5, 0.6) is 0 Å². The molecular weight excluding hydrogens is 319 g/mol. The molecule has 0 unspecified atom stereocenters. The second-order valence-electron chi connectivity index (χ2n) is 7.54. The molecule has 0 saturated heterocycles.